The Hall–Kier alpha value is -1.13. The SMILES string of the molecule is CCCCOCCOc1ccc([C@@H](N)CC)nc1. The van der Waals surface area contributed by atoms with Gasteiger partial charge in [0.25, 0.3) is 0 Å². The van der Waals surface area contributed by atoms with Gasteiger partial charge in [0.1, 0.15) is 12.4 Å². The van der Waals surface area contributed by atoms with Gasteiger partial charge in [-0.3, -0.25) is 4.98 Å². The Morgan fingerprint density at radius 3 is 2.67 bits per heavy atom. The van der Waals surface area contributed by atoms with Crippen molar-refractivity contribution in [2.75, 3.05) is 19.8 Å². The molecule has 0 spiro atoms. The third kappa shape index (κ3) is 5.47. The molecule has 2 N–H and O–H groups in total. The summed E-state index contributed by atoms with van der Waals surface area (Å²) >= 11 is 0. The highest BCUT2D eigenvalue weighted by atomic mass is 16.5. The summed E-state index contributed by atoms with van der Waals surface area (Å²) in [6.07, 6.45) is 4.87. The van der Waals surface area contributed by atoms with E-state index in [0.29, 0.717) is 13.2 Å². The highest BCUT2D eigenvalue weighted by molar-refractivity contribution is 5.21. The van der Waals surface area contributed by atoms with Crippen molar-refractivity contribution in [1.82, 2.24) is 4.98 Å². The second kappa shape index (κ2) is 8.89. The molecule has 0 aliphatic heterocycles. The largest absolute Gasteiger partial charge is 0.490 e. The maximum atomic E-state index is 5.89. The number of pyridine rings is 1. The molecule has 1 rings (SSSR count). The van der Waals surface area contributed by atoms with Gasteiger partial charge in [0, 0.05) is 12.6 Å². The van der Waals surface area contributed by atoms with Gasteiger partial charge in [0.15, 0.2) is 0 Å². The van der Waals surface area contributed by atoms with E-state index in [1.165, 1.54) is 0 Å². The standard InChI is InChI=1S/C14H24N2O2/c1-3-5-8-17-9-10-18-12-6-7-14(16-11-12)13(15)4-2/h6-7,11,13H,3-5,8-10,15H2,1-2H3/t13-/m0/s1. The summed E-state index contributed by atoms with van der Waals surface area (Å²) in [5.41, 5.74) is 6.80. The lowest BCUT2D eigenvalue weighted by molar-refractivity contribution is 0.0979. The van der Waals surface area contributed by atoms with Crippen LogP contribution < -0.4 is 10.5 Å². The molecule has 1 heterocycles. The van der Waals surface area contributed by atoms with Gasteiger partial charge in [-0.05, 0) is 25.0 Å². The lowest BCUT2D eigenvalue weighted by Crippen LogP contribution is -2.11. The Morgan fingerprint density at radius 2 is 2.06 bits per heavy atom. The molecule has 1 aromatic rings. The molecule has 0 aliphatic rings. The second-order valence-corrected chi connectivity index (χ2v) is 4.25. The number of rotatable bonds is 9. The lowest BCUT2D eigenvalue weighted by Gasteiger charge is -2.10. The second-order valence-electron chi connectivity index (χ2n) is 4.25. The minimum atomic E-state index is 0.0106. The van der Waals surface area contributed by atoms with Crippen molar-refractivity contribution in [3.63, 3.8) is 0 Å². The van der Waals surface area contributed by atoms with E-state index in [2.05, 4.69) is 11.9 Å². The van der Waals surface area contributed by atoms with Gasteiger partial charge in [-0.25, -0.2) is 0 Å². The minimum absolute atomic E-state index is 0.0106. The van der Waals surface area contributed by atoms with E-state index in [1.54, 1.807) is 6.20 Å². The Bertz CT molecular complexity index is 314. The molecule has 0 unspecified atom stereocenters. The first-order valence-electron chi connectivity index (χ1n) is 6.70. The summed E-state index contributed by atoms with van der Waals surface area (Å²) in [7, 11) is 0. The summed E-state index contributed by atoms with van der Waals surface area (Å²) < 4.78 is 10.9. The number of nitrogens with zero attached hydrogens (tertiary/aromatic N) is 1. The van der Waals surface area contributed by atoms with Crippen LogP contribution in [-0.4, -0.2) is 24.8 Å². The van der Waals surface area contributed by atoms with Gasteiger partial charge in [-0.1, -0.05) is 20.3 Å². The summed E-state index contributed by atoms with van der Waals surface area (Å²) in [4.78, 5) is 4.29. The number of nitrogens with two attached hydrogens (primary N) is 1. The van der Waals surface area contributed by atoms with Crippen LogP contribution in [-0.2, 0) is 4.74 Å². The van der Waals surface area contributed by atoms with E-state index in [0.717, 1.165) is 37.3 Å². The smallest absolute Gasteiger partial charge is 0.137 e. The molecule has 0 aromatic carbocycles. The van der Waals surface area contributed by atoms with Gasteiger partial charge in [0.05, 0.1) is 18.5 Å². The van der Waals surface area contributed by atoms with Crippen molar-refractivity contribution in [3.05, 3.63) is 24.0 Å². The predicted octanol–water partition coefficient (Wildman–Crippen LogP) is 2.69. The third-order valence-corrected chi connectivity index (χ3v) is 2.72. The third-order valence-electron chi connectivity index (χ3n) is 2.72. The first-order chi connectivity index (χ1) is 8.77. The van der Waals surface area contributed by atoms with E-state index >= 15 is 0 Å². The van der Waals surface area contributed by atoms with Crippen molar-refractivity contribution < 1.29 is 9.47 Å². The zero-order valence-corrected chi connectivity index (χ0v) is 11.4. The van der Waals surface area contributed by atoms with E-state index in [-0.39, 0.29) is 6.04 Å². The zero-order valence-electron chi connectivity index (χ0n) is 11.4. The average molecular weight is 252 g/mol. The Balaban J connectivity index is 2.22. The van der Waals surface area contributed by atoms with Crippen LogP contribution in [0.5, 0.6) is 5.75 Å². The number of ether oxygens (including phenoxy) is 2. The van der Waals surface area contributed by atoms with E-state index in [1.807, 2.05) is 19.1 Å². The lowest BCUT2D eigenvalue weighted by atomic mass is 10.1. The van der Waals surface area contributed by atoms with E-state index < -0.39 is 0 Å². The molecule has 4 nitrogen and oxygen atoms in total. The molecule has 0 saturated carbocycles. The fraction of sp³-hybridized carbons (Fsp3) is 0.643. The van der Waals surface area contributed by atoms with Crippen LogP contribution in [0.25, 0.3) is 0 Å². The maximum absolute atomic E-state index is 5.89. The molecule has 1 aromatic heterocycles. The molecular weight excluding hydrogens is 228 g/mol. The van der Waals surface area contributed by atoms with Gasteiger partial charge < -0.3 is 15.2 Å². The average Bonchev–Trinajstić information content (AvgIpc) is 2.42. The molecule has 1 atom stereocenters. The number of unbranched alkanes of at least 4 members (excludes halogenated alkanes) is 1. The van der Waals surface area contributed by atoms with Crippen LogP contribution in [0.1, 0.15) is 44.8 Å². The van der Waals surface area contributed by atoms with E-state index in [4.69, 9.17) is 15.2 Å². The molecule has 0 fully saturated rings. The van der Waals surface area contributed by atoms with Crippen molar-refractivity contribution >= 4 is 0 Å². The Morgan fingerprint density at radius 1 is 1.22 bits per heavy atom. The van der Waals surface area contributed by atoms with Crippen LogP contribution in [0.2, 0.25) is 0 Å². The molecule has 0 saturated heterocycles. The Labute approximate surface area is 110 Å². The molecule has 18 heavy (non-hydrogen) atoms. The van der Waals surface area contributed by atoms with Crippen molar-refractivity contribution in [3.8, 4) is 5.75 Å². The molecule has 102 valence electrons. The number of hydrogen-bond acceptors (Lipinski definition) is 4. The highest BCUT2D eigenvalue weighted by Gasteiger charge is 2.04. The summed E-state index contributed by atoms with van der Waals surface area (Å²) in [6, 6.07) is 3.84. The topological polar surface area (TPSA) is 57.4 Å². The van der Waals surface area contributed by atoms with Crippen molar-refractivity contribution in [1.29, 1.82) is 0 Å². The summed E-state index contributed by atoms with van der Waals surface area (Å²) in [5.74, 6) is 0.765. The Kier molecular flexibility index (Phi) is 7.37. The van der Waals surface area contributed by atoms with Crippen LogP contribution >= 0.6 is 0 Å². The fourth-order valence-corrected chi connectivity index (χ4v) is 1.47. The van der Waals surface area contributed by atoms with E-state index in [9.17, 15) is 0 Å². The summed E-state index contributed by atoms with van der Waals surface area (Å²) in [6.45, 7) is 6.18. The zero-order chi connectivity index (χ0) is 13.2. The molecule has 4 heteroatoms. The first-order valence-corrected chi connectivity index (χ1v) is 6.70. The normalized spacial score (nSPS) is 12.4. The van der Waals surface area contributed by atoms with Crippen molar-refractivity contribution in [2.45, 2.75) is 39.2 Å². The van der Waals surface area contributed by atoms with Crippen molar-refractivity contribution in [2.24, 2.45) is 5.73 Å². The number of hydrogen-bond donors (Lipinski definition) is 1. The molecule has 0 aliphatic carbocycles. The highest BCUT2D eigenvalue weighted by Crippen LogP contribution is 2.14. The van der Waals surface area contributed by atoms with Gasteiger partial charge in [-0.15, -0.1) is 0 Å². The van der Waals surface area contributed by atoms with Crippen LogP contribution in [0.15, 0.2) is 18.3 Å². The maximum Gasteiger partial charge on any atom is 0.137 e. The van der Waals surface area contributed by atoms with Crippen LogP contribution in [0, 0.1) is 0 Å². The molecule has 0 radical (unpaired) electrons. The minimum Gasteiger partial charge on any atom is -0.490 e. The monoisotopic (exact) mass is 252 g/mol. The first kappa shape index (κ1) is 14.9. The van der Waals surface area contributed by atoms with Gasteiger partial charge in [-0.2, -0.15) is 0 Å². The quantitative estimate of drug-likeness (QED) is 0.686. The van der Waals surface area contributed by atoms with Crippen LogP contribution in [0.4, 0.5) is 0 Å². The van der Waals surface area contributed by atoms with Gasteiger partial charge in [0.2, 0.25) is 0 Å². The predicted molar refractivity (Wildman–Crippen MR) is 72.7 cm³/mol. The molecule has 0 bridgehead atoms. The van der Waals surface area contributed by atoms with Crippen LogP contribution in [0.3, 0.4) is 0 Å². The van der Waals surface area contributed by atoms with Gasteiger partial charge >= 0.3 is 0 Å². The molecular formula is C14H24N2O2. The fourth-order valence-electron chi connectivity index (χ4n) is 1.47. The number of aromatic nitrogens is 1. The summed E-state index contributed by atoms with van der Waals surface area (Å²) in [5, 5.41) is 0. The molecule has 0 amide bonds.